The van der Waals surface area contributed by atoms with E-state index in [0.717, 1.165) is 78.9 Å². The van der Waals surface area contributed by atoms with Crippen LogP contribution in [0.3, 0.4) is 0 Å². The summed E-state index contributed by atoms with van der Waals surface area (Å²) < 4.78 is 38.4. The van der Waals surface area contributed by atoms with Crippen molar-refractivity contribution in [3.8, 4) is 17.4 Å². The van der Waals surface area contributed by atoms with E-state index in [1.165, 1.54) is 13.2 Å². The monoisotopic (exact) mass is 522 g/mol. The van der Waals surface area contributed by atoms with Crippen LogP contribution in [0.2, 0.25) is 0 Å². The van der Waals surface area contributed by atoms with Crippen LogP contribution in [-0.4, -0.2) is 54.5 Å². The molecule has 3 aromatic rings. The van der Waals surface area contributed by atoms with Crippen molar-refractivity contribution in [3.63, 3.8) is 0 Å². The lowest BCUT2D eigenvalue weighted by Crippen LogP contribution is -2.26. The lowest BCUT2D eigenvalue weighted by Gasteiger charge is -2.18. The number of hydrogen-bond donors (Lipinski definition) is 1. The van der Waals surface area contributed by atoms with E-state index in [2.05, 4.69) is 9.88 Å². The predicted octanol–water partition coefficient (Wildman–Crippen LogP) is 6.68. The molecule has 5 nitrogen and oxygen atoms in total. The van der Waals surface area contributed by atoms with E-state index in [0.29, 0.717) is 12.0 Å². The van der Waals surface area contributed by atoms with Gasteiger partial charge in [-0.2, -0.15) is 0 Å². The van der Waals surface area contributed by atoms with Gasteiger partial charge in [-0.3, -0.25) is 9.29 Å². The van der Waals surface area contributed by atoms with Crippen molar-refractivity contribution in [1.29, 1.82) is 0 Å². The van der Waals surface area contributed by atoms with Crippen molar-refractivity contribution in [3.05, 3.63) is 82.8 Å². The molecule has 0 saturated carbocycles. The number of nitrogens with zero attached hydrogens (tertiary/aromatic N) is 2. The van der Waals surface area contributed by atoms with Gasteiger partial charge in [0.1, 0.15) is 17.6 Å². The number of alkyl halides is 1. The van der Waals surface area contributed by atoms with Crippen molar-refractivity contribution in [2.24, 2.45) is 0 Å². The molecular formula is C31H36F2N2O3. The van der Waals surface area contributed by atoms with Gasteiger partial charge < -0.3 is 14.6 Å². The zero-order valence-corrected chi connectivity index (χ0v) is 21.1. The van der Waals surface area contributed by atoms with Gasteiger partial charge in [-0.05, 0) is 95.8 Å². The van der Waals surface area contributed by atoms with Crippen LogP contribution in [0.5, 0.6) is 17.4 Å². The number of likely N-dealkylation sites (tertiary alicyclic amines) is 1. The molecule has 1 aromatic heterocycles. The fourth-order valence-corrected chi connectivity index (χ4v) is 5.41. The van der Waals surface area contributed by atoms with Crippen LogP contribution in [0.4, 0.5) is 8.78 Å². The van der Waals surface area contributed by atoms with Gasteiger partial charge in [-0.25, -0.2) is 9.37 Å². The topological polar surface area (TPSA) is 54.8 Å². The Morgan fingerprint density at radius 2 is 1.89 bits per heavy atom. The molecule has 1 aliphatic carbocycles. The van der Waals surface area contributed by atoms with Crippen LogP contribution in [0.1, 0.15) is 55.4 Å². The number of aromatic nitrogens is 1. The maximum absolute atomic E-state index is 14.6. The number of aryl methyl sites for hydroxylation is 1. The predicted molar refractivity (Wildman–Crippen MR) is 147 cm³/mol. The molecule has 202 valence electrons. The highest BCUT2D eigenvalue weighted by Gasteiger charge is 2.24. The Hall–Kier alpha value is -3.45. The smallest absolute Gasteiger partial charge is 0.250 e. The molecule has 1 fully saturated rings. The third-order valence-electron chi connectivity index (χ3n) is 7.16. The van der Waals surface area contributed by atoms with Gasteiger partial charge >= 0.3 is 0 Å². The maximum atomic E-state index is 14.6. The second-order valence-corrected chi connectivity index (χ2v) is 9.66. The molecule has 1 saturated heterocycles. The number of rotatable bonds is 8. The number of phenolic OH excluding ortho intramolecular Hbond substituents is 1. The summed E-state index contributed by atoms with van der Waals surface area (Å²) in [5, 5.41) is 10.1. The van der Waals surface area contributed by atoms with Crippen LogP contribution >= 0.6 is 0 Å². The number of halogens is 2. The fraction of sp³-hybridized carbons (Fsp3) is 0.387. The third kappa shape index (κ3) is 5.99. The Morgan fingerprint density at radius 3 is 2.63 bits per heavy atom. The zero-order valence-electron chi connectivity index (χ0n) is 21.1. The molecule has 7 heteroatoms. The summed E-state index contributed by atoms with van der Waals surface area (Å²) in [6.07, 6.45) is 5.66. The number of allylic oxidation sites excluding steroid dienone is 1. The van der Waals surface area contributed by atoms with E-state index < -0.39 is 5.82 Å². The van der Waals surface area contributed by atoms with Gasteiger partial charge in [0.05, 0.1) is 13.8 Å². The minimum atomic E-state index is -0.497. The Labute approximate surface area is 223 Å². The first-order valence-electron chi connectivity index (χ1n) is 12.9. The van der Waals surface area contributed by atoms with E-state index in [-0.39, 0.29) is 31.8 Å². The Morgan fingerprint density at radius 1 is 1.08 bits per heavy atom. The van der Waals surface area contributed by atoms with Crippen LogP contribution in [-0.2, 0) is 6.42 Å². The third-order valence-corrected chi connectivity index (χ3v) is 7.16. The fourth-order valence-electron chi connectivity index (χ4n) is 5.41. The average molecular weight is 523 g/mol. The highest BCUT2D eigenvalue weighted by atomic mass is 19.1. The van der Waals surface area contributed by atoms with Crippen molar-refractivity contribution in [1.82, 2.24) is 9.88 Å². The molecule has 1 aliphatic heterocycles. The van der Waals surface area contributed by atoms with E-state index in [9.17, 15) is 13.9 Å². The summed E-state index contributed by atoms with van der Waals surface area (Å²) in [6.45, 7) is 2.21. The lowest BCUT2D eigenvalue weighted by molar-refractivity contribution is 0.198. The summed E-state index contributed by atoms with van der Waals surface area (Å²) in [6, 6.07) is 15.0. The summed E-state index contributed by atoms with van der Waals surface area (Å²) in [5.74, 6) is 0.504. The van der Waals surface area contributed by atoms with Gasteiger partial charge in [-0.15, -0.1) is 0 Å². The molecule has 1 N–H and O–H groups in total. The van der Waals surface area contributed by atoms with E-state index in [4.69, 9.17) is 9.47 Å². The van der Waals surface area contributed by atoms with Crippen molar-refractivity contribution < 1.29 is 23.4 Å². The molecule has 2 aromatic carbocycles. The highest BCUT2D eigenvalue weighted by molar-refractivity contribution is 6.00. The molecule has 0 unspecified atom stereocenters. The Kier molecular flexibility index (Phi) is 9.00. The quantitative estimate of drug-likeness (QED) is 0.358. The summed E-state index contributed by atoms with van der Waals surface area (Å²) >= 11 is 0. The molecule has 0 spiro atoms. The minimum absolute atomic E-state index is 0. The van der Waals surface area contributed by atoms with Crippen molar-refractivity contribution >= 4 is 11.1 Å². The lowest BCUT2D eigenvalue weighted by atomic mass is 9.88. The highest BCUT2D eigenvalue weighted by Crippen LogP contribution is 2.41. The largest absolute Gasteiger partial charge is 0.508 e. The maximum Gasteiger partial charge on any atom is 0.250 e. The molecule has 1 atom stereocenters. The SMILES string of the molecule is C.COc1ncc(C2=C(c3ccc(O[C@H]4CCN(CCCF)C4)cc3)c3ccc(O)cc3CCC2)cc1F. The van der Waals surface area contributed by atoms with Gasteiger partial charge in [-0.1, -0.05) is 25.6 Å². The number of benzene rings is 2. The summed E-state index contributed by atoms with van der Waals surface area (Å²) in [5.41, 5.74) is 5.80. The van der Waals surface area contributed by atoms with Gasteiger partial charge in [0.25, 0.3) is 0 Å². The molecule has 2 heterocycles. The van der Waals surface area contributed by atoms with Gasteiger partial charge in [0, 0.05) is 25.8 Å². The van der Waals surface area contributed by atoms with E-state index in [1.807, 2.05) is 36.4 Å². The second-order valence-electron chi connectivity index (χ2n) is 9.66. The summed E-state index contributed by atoms with van der Waals surface area (Å²) in [7, 11) is 1.40. The molecular weight excluding hydrogens is 486 g/mol. The van der Waals surface area contributed by atoms with Crippen LogP contribution in [0, 0.1) is 5.82 Å². The zero-order chi connectivity index (χ0) is 25.8. The number of phenols is 1. The molecule has 0 bridgehead atoms. The Balaban J connectivity index is 0.00000336. The molecule has 38 heavy (non-hydrogen) atoms. The van der Waals surface area contributed by atoms with Crippen LogP contribution < -0.4 is 9.47 Å². The first kappa shape index (κ1) is 27.6. The first-order valence-corrected chi connectivity index (χ1v) is 12.9. The second kappa shape index (κ2) is 12.4. The van der Waals surface area contributed by atoms with Gasteiger partial charge in [0.15, 0.2) is 5.82 Å². The Bertz CT molecular complexity index is 1280. The number of hydrogen-bond acceptors (Lipinski definition) is 5. The molecule has 0 amide bonds. The van der Waals surface area contributed by atoms with E-state index >= 15 is 0 Å². The van der Waals surface area contributed by atoms with Crippen molar-refractivity contribution in [2.75, 3.05) is 33.4 Å². The number of fused-ring (bicyclic) bond motifs is 1. The molecule has 5 rings (SSSR count). The number of methoxy groups -OCH3 is 1. The number of aromatic hydroxyl groups is 1. The molecule has 2 aliphatic rings. The molecule has 0 radical (unpaired) electrons. The average Bonchev–Trinajstić information content (AvgIpc) is 3.26. The normalized spacial score (nSPS) is 17.5. The first-order chi connectivity index (χ1) is 18.1. The van der Waals surface area contributed by atoms with E-state index in [1.54, 1.807) is 12.3 Å². The van der Waals surface area contributed by atoms with Crippen LogP contribution in [0.15, 0.2) is 54.7 Å². The standard InChI is InChI=1S/C30H32F2N2O3.CH4/c1-36-30-28(32)17-22(18-33-30)26-5-2-4-21-16-23(35)8-11-27(21)29(26)20-6-9-24(10-7-20)37-25-12-15-34(19-25)14-3-13-31;/h6-11,16-18,25,35H,2-5,12-15,19H2,1H3;1H4/t25-;/m0./s1. The summed E-state index contributed by atoms with van der Waals surface area (Å²) in [4.78, 5) is 6.43. The number of ether oxygens (including phenoxy) is 2. The van der Waals surface area contributed by atoms with Crippen molar-refractivity contribution in [2.45, 2.75) is 45.6 Å². The van der Waals surface area contributed by atoms with Gasteiger partial charge in [0.2, 0.25) is 5.88 Å². The number of pyridine rings is 1. The minimum Gasteiger partial charge on any atom is -0.508 e. The van der Waals surface area contributed by atoms with Crippen LogP contribution in [0.25, 0.3) is 11.1 Å².